The molecular weight excluding hydrogens is 388 g/mol. The Kier molecular flexibility index (Phi) is 4.94. The molecule has 31 heavy (non-hydrogen) atoms. The first-order valence-corrected chi connectivity index (χ1v) is 10.5. The highest BCUT2D eigenvalue weighted by Gasteiger charge is 2.24. The van der Waals surface area contributed by atoms with E-state index >= 15 is 0 Å². The van der Waals surface area contributed by atoms with Crippen LogP contribution in [0.2, 0.25) is 0 Å². The lowest BCUT2D eigenvalue weighted by Gasteiger charge is -2.08. The molecule has 1 saturated carbocycles. The number of H-pyrrole nitrogens is 1. The molecule has 0 spiro atoms. The van der Waals surface area contributed by atoms with Crippen LogP contribution in [0.1, 0.15) is 46.1 Å². The second-order valence-electron chi connectivity index (χ2n) is 7.97. The van der Waals surface area contributed by atoms with Gasteiger partial charge in [-0.25, -0.2) is 9.78 Å². The van der Waals surface area contributed by atoms with Gasteiger partial charge < -0.3 is 14.5 Å². The normalized spacial score (nSPS) is 13.4. The summed E-state index contributed by atoms with van der Waals surface area (Å²) in [6, 6.07) is 20.2. The number of nitrogens with zero attached hydrogens (tertiary/aromatic N) is 1. The Morgan fingerprint density at radius 2 is 1.90 bits per heavy atom. The van der Waals surface area contributed by atoms with Gasteiger partial charge in [0.25, 0.3) is 0 Å². The molecule has 2 aromatic carbocycles. The molecule has 0 bridgehead atoms. The third-order valence-corrected chi connectivity index (χ3v) is 5.90. The summed E-state index contributed by atoms with van der Waals surface area (Å²) < 4.78 is 10.3. The molecule has 0 radical (unpaired) electrons. The highest BCUT2D eigenvalue weighted by atomic mass is 16.5. The van der Waals surface area contributed by atoms with Crippen molar-refractivity contribution in [1.82, 2.24) is 9.97 Å². The Morgan fingerprint density at radius 1 is 1.06 bits per heavy atom. The predicted octanol–water partition coefficient (Wildman–Crippen LogP) is 5.49. The summed E-state index contributed by atoms with van der Waals surface area (Å²) in [5.74, 6) is 1.07. The van der Waals surface area contributed by atoms with Crippen LogP contribution in [0.15, 0.2) is 60.7 Å². The molecule has 0 unspecified atom stereocenters. The summed E-state index contributed by atoms with van der Waals surface area (Å²) in [6.45, 7) is 0. The van der Waals surface area contributed by atoms with Crippen molar-refractivity contribution in [2.45, 2.75) is 25.2 Å². The summed E-state index contributed by atoms with van der Waals surface area (Å²) in [6.07, 6.45) is 3.14. The predicted molar refractivity (Wildman–Crippen MR) is 121 cm³/mol. The fourth-order valence-corrected chi connectivity index (χ4v) is 4.13. The summed E-state index contributed by atoms with van der Waals surface area (Å²) in [4.78, 5) is 20.1. The summed E-state index contributed by atoms with van der Waals surface area (Å²) in [7, 11) is 3.05. The van der Waals surface area contributed by atoms with Crippen LogP contribution in [0, 0.1) is 0 Å². The Balaban J connectivity index is 1.63. The number of rotatable bonds is 6. The highest BCUT2D eigenvalue weighted by molar-refractivity contribution is 5.92. The van der Waals surface area contributed by atoms with E-state index in [4.69, 9.17) is 9.47 Å². The van der Waals surface area contributed by atoms with Gasteiger partial charge in [-0.3, -0.25) is 0 Å². The van der Waals surface area contributed by atoms with Gasteiger partial charge in [-0.05, 0) is 60.2 Å². The second kappa shape index (κ2) is 7.91. The number of hydrogen-bond acceptors (Lipinski definition) is 4. The van der Waals surface area contributed by atoms with Gasteiger partial charge in [0, 0.05) is 28.6 Å². The Bertz CT molecular complexity index is 1270. The number of methoxy groups -OCH3 is 2. The number of fused-ring (bicyclic) bond motifs is 1. The standard InChI is InChI=1S/C26H24N2O3/c1-30-20-7-3-5-18(13-20)25-22(15-19-6-4-8-23(27-19)26(29)31-2)21-12-11-17(16-9-10-16)14-24(21)28-25/h3-8,11-14,16,28H,9-10,15H2,1-2H3. The minimum Gasteiger partial charge on any atom is -0.497 e. The van der Waals surface area contributed by atoms with Crippen molar-refractivity contribution in [3.05, 3.63) is 83.2 Å². The van der Waals surface area contributed by atoms with Crippen LogP contribution in [0.5, 0.6) is 5.75 Å². The molecule has 4 aromatic rings. The van der Waals surface area contributed by atoms with Crippen molar-refractivity contribution in [3.63, 3.8) is 0 Å². The van der Waals surface area contributed by atoms with Gasteiger partial charge >= 0.3 is 5.97 Å². The minimum absolute atomic E-state index is 0.318. The Labute approximate surface area is 181 Å². The lowest BCUT2D eigenvalue weighted by atomic mass is 9.99. The van der Waals surface area contributed by atoms with Crippen molar-refractivity contribution >= 4 is 16.9 Å². The van der Waals surface area contributed by atoms with E-state index in [0.717, 1.165) is 33.8 Å². The van der Waals surface area contributed by atoms with E-state index in [9.17, 15) is 4.79 Å². The monoisotopic (exact) mass is 412 g/mol. The molecule has 1 aliphatic carbocycles. The van der Waals surface area contributed by atoms with Gasteiger partial charge in [-0.2, -0.15) is 0 Å². The van der Waals surface area contributed by atoms with Crippen LogP contribution in [0.4, 0.5) is 0 Å². The first kappa shape index (κ1) is 19.4. The number of pyridine rings is 1. The van der Waals surface area contributed by atoms with Gasteiger partial charge in [0.05, 0.1) is 19.9 Å². The number of aromatic nitrogens is 2. The molecule has 5 rings (SSSR count). The first-order valence-electron chi connectivity index (χ1n) is 10.5. The lowest BCUT2D eigenvalue weighted by Crippen LogP contribution is -2.06. The number of benzene rings is 2. The van der Waals surface area contributed by atoms with Crippen LogP contribution in [0.25, 0.3) is 22.2 Å². The smallest absolute Gasteiger partial charge is 0.356 e. The number of aromatic amines is 1. The molecule has 0 aliphatic heterocycles. The fraction of sp³-hybridized carbons (Fsp3) is 0.231. The topological polar surface area (TPSA) is 64.2 Å². The summed E-state index contributed by atoms with van der Waals surface area (Å²) >= 11 is 0. The van der Waals surface area contributed by atoms with Crippen molar-refractivity contribution in [2.24, 2.45) is 0 Å². The lowest BCUT2D eigenvalue weighted by molar-refractivity contribution is 0.0593. The molecular formula is C26H24N2O3. The zero-order valence-corrected chi connectivity index (χ0v) is 17.6. The molecule has 156 valence electrons. The van der Waals surface area contributed by atoms with Gasteiger partial charge in [0.15, 0.2) is 0 Å². The third-order valence-electron chi connectivity index (χ3n) is 5.90. The van der Waals surface area contributed by atoms with E-state index in [2.05, 4.69) is 34.2 Å². The molecule has 1 fully saturated rings. The van der Waals surface area contributed by atoms with E-state index in [0.29, 0.717) is 18.0 Å². The van der Waals surface area contributed by atoms with Gasteiger partial charge in [0.1, 0.15) is 11.4 Å². The largest absolute Gasteiger partial charge is 0.497 e. The van der Waals surface area contributed by atoms with Crippen LogP contribution >= 0.6 is 0 Å². The number of carbonyl (C=O) groups excluding carboxylic acids is 1. The number of carbonyl (C=O) groups is 1. The Hall–Kier alpha value is -3.60. The molecule has 0 amide bonds. The van der Waals surface area contributed by atoms with Crippen LogP contribution < -0.4 is 4.74 Å². The van der Waals surface area contributed by atoms with Crippen molar-refractivity contribution in [2.75, 3.05) is 14.2 Å². The second-order valence-corrected chi connectivity index (χ2v) is 7.97. The maximum atomic E-state index is 11.9. The van der Waals surface area contributed by atoms with Crippen LogP contribution in [-0.2, 0) is 11.2 Å². The van der Waals surface area contributed by atoms with Gasteiger partial charge in [0.2, 0.25) is 0 Å². The number of nitrogens with one attached hydrogen (secondary N) is 1. The Morgan fingerprint density at radius 3 is 2.68 bits per heavy atom. The molecule has 1 N–H and O–H groups in total. The van der Waals surface area contributed by atoms with E-state index in [1.807, 2.05) is 30.3 Å². The minimum atomic E-state index is -0.428. The number of ether oxygens (including phenoxy) is 2. The summed E-state index contributed by atoms with van der Waals surface area (Å²) in [5, 5.41) is 1.17. The average Bonchev–Trinajstić information content (AvgIpc) is 3.61. The van der Waals surface area contributed by atoms with Crippen LogP contribution in [-0.4, -0.2) is 30.2 Å². The molecule has 5 nitrogen and oxygen atoms in total. The molecule has 0 atom stereocenters. The third kappa shape index (κ3) is 3.79. The van der Waals surface area contributed by atoms with Crippen molar-refractivity contribution < 1.29 is 14.3 Å². The van der Waals surface area contributed by atoms with Crippen LogP contribution in [0.3, 0.4) is 0 Å². The van der Waals surface area contributed by atoms with Gasteiger partial charge in [-0.15, -0.1) is 0 Å². The summed E-state index contributed by atoms with van der Waals surface area (Å²) in [5.41, 5.74) is 6.91. The number of esters is 1. The molecule has 1 aliphatic rings. The maximum Gasteiger partial charge on any atom is 0.356 e. The maximum absolute atomic E-state index is 11.9. The first-order chi connectivity index (χ1) is 15.2. The molecule has 2 aromatic heterocycles. The highest BCUT2D eigenvalue weighted by Crippen LogP contribution is 2.42. The van der Waals surface area contributed by atoms with E-state index in [1.54, 1.807) is 13.2 Å². The zero-order valence-electron chi connectivity index (χ0n) is 17.6. The van der Waals surface area contributed by atoms with Gasteiger partial charge in [-0.1, -0.05) is 30.3 Å². The molecule has 5 heteroatoms. The quantitative estimate of drug-likeness (QED) is 0.425. The molecule has 2 heterocycles. The van der Waals surface area contributed by atoms with E-state index in [1.165, 1.54) is 30.9 Å². The van der Waals surface area contributed by atoms with Crippen molar-refractivity contribution in [3.8, 4) is 17.0 Å². The fourth-order valence-electron chi connectivity index (χ4n) is 4.13. The van der Waals surface area contributed by atoms with E-state index < -0.39 is 5.97 Å². The van der Waals surface area contributed by atoms with E-state index in [-0.39, 0.29) is 0 Å². The molecule has 0 saturated heterocycles. The zero-order chi connectivity index (χ0) is 21.4. The SMILES string of the molecule is COC(=O)c1cccc(Cc2c(-c3cccc(OC)c3)[nH]c3cc(C4CC4)ccc23)n1. The average molecular weight is 412 g/mol. The number of hydrogen-bond donors (Lipinski definition) is 1. The van der Waals surface area contributed by atoms with Crippen molar-refractivity contribution in [1.29, 1.82) is 0 Å².